The van der Waals surface area contributed by atoms with Crippen LogP contribution in [0.3, 0.4) is 0 Å². The third kappa shape index (κ3) is 13.2. The summed E-state index contributed by atoms with van der Waals surface area (Å²) in [6, 6.07) is 11.4. The van der Waals surface area contributed by atoms with Gasteiger partial charge in [0.25, 0.3) is 23.6 Å². The van der Waals surface area contributed by atoms with Gasteiger partial charge in [-0.25, -0.2) is 19.2 Å². The fourth-order valence-corrected chi connectivity index (χ4v) is 11.2. The molecule has 9 aromatic rings. The minimum Gasteiger partial charge on any atom is -0.461 e. The molecule has 0 saturated heterocycles. The van der Waals surface area contributed by atoms with Crippen molar-refractivity contribution < 1.29 is 129 Å². The Labute approximate surface area is 554 Å². The molecule has 0 spiro atoms. The van der Waals surface area contributed by atoms with Crippen molar-refractivity contribution in [3.63, 3.8) is 0 Å². The number of benzene rings is 9. The van der Waals surface area contributed by atoms with Gasteiger partial charge in [-0.15, -0.1) is 0 Å². The highest BCUT2D eigenvalue weighted by atomic mass is 19.4. The van der Waals surface area contributed by atoms with Gasteiger partial charge in [0.2, 0.25) is 0 Å². The van der Waals surface area contributed by atoms with Gasteiger partial charge >= 0.3 is 48.6 Å². The van der Waals surface area contributed by atoms with Crippen LogP contribution in [0.1, 0.15) is 91.4 Å². The normalized spacial score (nSPS) is 14.0. The molecule has 0 radical (unpaired) electrons. The molecule has 0 saturated carbocycles. The third-order valence-corrected chi connectivity index (χ3v) is 15.9. The van der Waals surface area contributed by atoms with Gasteiger partial charge in [0, 0.05) is 54.2 Å². The quantitative estimate of drug-likeness (QED) is 0.0101. The first-order valence-electron chi connectivity index (χ1n) is 29.4. The molecular weight excluding hydrogens is 1350 g/mol. The van der Waals surface area contributed by atoms with Gasteiger partial charge in [-0.2, -0.15) is 52.7 Å². The lowest BCUT2D eigenvalue weighted by Gasteiger charge is -2.34. The van der Waals surface area contributed by atoms with Gasteiger partial charge in [-0.3, -0.25) is 29.0 Å². The molecule has 9 aromatic carbocycles. The summed E-state index contributed by atoms with van der Waals surface area (Å²) in [6.45, 7) is 9.27. The summed E-state index contributed by atoms with van der Waals surface area (Å²) in [5.41, 5.74) is -7.23. The molecule has 0 bridgehead atoms. The molecule has 0 N–H and O–H groups in total. The van der Waals surface area contributed by atoms with E-state index in [0.29, 0.717) is 58.3 Å². The Balaban J connectivity index is 1.28. The predicted octanol–water partition coefficient (Wildman–Crippen LogP) is 16.3. The van der Waals surface area contributed by atoms with E-state index in [1.54, 1.807) is 0 Å². The molecule has 0 aliphatic carbocycles. The summed E-state index contributed by atoms with van der Waals surface area (Å²) in [7, 11) is 0. The molecule has 2 atom stereocenters. The number of rotatable bonds is 20. The Morgan fingerprint density at radius 3 is 0.760 bits per heavy atom. The summed E-state index contributed by atoms with van der Waals surface area (Å²) in [4.78, 5) is 115. The van der Waals surface area contributed by atoms with Gasteiger partial charge in [0.1, 0.15) is 84.5 Å². The topological polar surface area (TPSA) is 217 Å². The van der Waals surface area contributed by atoms with E-state index in [0.717, 1.165) is 86.6 Å². The lowest BCUT2D eigenvalue weighted by atomic mass is 9.80. The van der Waals surface area contributed by atoms with Crippen LogP contribution in [-0.2, 0) is 62.8 Å². The van der Waals surface area contributed by atoms with Crippen LogP contribution >= 0.6 is 0 Å². The number of esters is 4. The number of alkyl halides is 12. The number of amides is 4. The summed E-state index contributed by atoms with van der Waals surface area (Å²) >= 11 is 0. The molecule has 4 amide bonds. The van der Waals surface area contributed by atoms with Crippen LogP contribution in [0, 0.1) is 0 Å². The second-order valence-corrected chi connectivity index (χ2v) is 22.7. The second kappa shape index (κ2) is 25.9. The molecule has 2 heterocycles. The molecule has 2 aliphatic heterocycles. The van der Waals surface area contributed by atoms with E-state index < -0.39 is 244 Å². The van der Waals surface area contributed by atoms with Crippen molar-refractivity contribution in [1.82, 2.24) is 9.80 Å². The van der Waals surface area contributed by atoms with Crippen LogP contribution in [0.4, 0.5) is 52.7 Å². The predicted molar refractivity (Wildman–Crippen MR) is 327 cm³/mol. The molecule has 0 fully saturated rings. The standard InChI is InChI=1S/C70H46F12N2O16/c1-31(2)63(89)93-23-25-95-65(91)33(5)83-59(85)43-27-47(97-39-15-7-35(8-16-39)67(71,72)73)53-55-49(99-41-19-11-37(12-20-41)69(77,78)79)29-45-52-46(62(88)84(61(45)87)34(6)66(92)96-26-24-94-64(90)32(3)4)30-50(100-42-21-13-38(14-22-42)70(80,81)82)56(58(52)55)54-48(28-44(60(83)86)51(43)57(53)54)98-40-17-9-36(10-18-40)68(74,75)76/h7-22,27-30,33-34H,1,3,23-26H2,2,4-6H3. The number of hydrogen-bond acceptors (Lipinski definition) is 16. The summed E-state index contributed by atoms with van der Waals surface area (Å²) < 4.78 is 217. The minimum atomic E-state index is -4.95. The van der Waals surface area contributed by atoms with Crippen LogP contribution in [0.5, 0.6) is 46.0 Å². The molecule has 11 rings (SSSR count). The second-order valence-electron chi connectivity index (χ2n) is 22.7. The summed E-state index contributed by atoms with van der Waals surface area (Å²) in [5.74, 6) is -14.0. The van der Waals surface area contributed by atoms with Crippen molar-refractivity contribution in [2.75, 3.05) is 26.4 Å². The van der Waals surface area contributed by atoms with Crippen LogP contribution in [0.15, 0.2) is 146 Å². The average Bonchev–Trinajstić information content (AvgIpc) is 0.671. The summed E-state index contributed by atoms with van der Waals surface area (Å²) in [6.07, 6.45) is -19.8. The van der Waals surface area contributed by atoms with Crippen molar-refractivity contribution in [2.45, 2.75) is 64.5 Å². The molecule has 2 unspecified atom stereocenters. The Bertz CT molecular complexity index is 4370. The van der Waals surface area contributed by atoms with E-state index in [1.165, 1.54) is 13.8 Å². The number of ether oxygens (including phenoxy) is 8. The lowest BCUT2D eigenvalue weighted by molar-refractivity contribution is -0.153. The van der Waals surface area contributed by atoms with E-state index >= 15 is 19.2 Å². The molecule has 516 valence electrons. The third-order valence-electron chi connectivity index (χ3n) is 15.9. The number of carbonyl (C=O) groups is 8. The zero-order valence-electron chi connectivity index (χ0n) is 51.9. The van der Waals surface area contributed by atoms with Crippen LogP contribution in [-0.4, -0.2) is 95.8 Å². The maximum absolute atomic E-state index is 15.5. The van der Waals surface area contributed by atoms with Gasteiger partial charge < -0.3 is 37.9 Å². The molecule has 30 heteroatoms. The van der Waals surface area contributed by atoms with Gasteiger partial charge in [0.05, 0.1) is 44.5 Å². The SMILES string of the molecule is C=C(C)C(=O)OCCOC(=O)C(C)N1C(=O)c2cc(Oc3ccc(C(F)(F)F)cc3)c3c4c(Oc5ccc(C(F)(F)F)cc5)cc5c6c(cc(Oc7ccc(C(F)(F)F)cc7)c(c7c(Oc8ccc(C(F)(F)F)cc8)cc(c2c37)C1=O)c64)C(=O)N(C(C)C(=O)OCCOC(=O)C(=C)C)C5=O. The van der Waals surface area contributed by atoms with Crippen molar-refractivity contribution in [1.29, 1.82) is 0 Å². The Hall–Kier alpha value is -11.7. The first kappa shape index (κ1) is 69.6. The Morgan fingerprint density at radius 1 is 0.350 bits per heavy atom. The van der Waals surface area contributed by atoms with E-state index in [2.05, 4.69) is 13.2 Å². The first-order valence-corrected chi connectivity index (χ1v) is 29.4. The van der Waals surface area contributed by atoms with Crippen LogP contribution < -0.4 is 18.9 Å². The molecule has 100 heavy (non-hydrogen) atoms. The van der Waals surface area contributed by atoms with Gasteiger partial charge in [0.15, 0.2) is 0 Å². The smallest absolute Gasteiger partial charge is 0.416 e. The van der Waals surface area contributed by atoms with Gasteiger partial charge in [-0.05, 0) is 149 Å². The number of nitrogens with zero attached hydrogens (tertiary/aromatic N) is 2. The van der Waals surface area contributed by atoms with Crippen LogP contribution in [0.25, 0.3) is 43.1 Å². The van der Waals surface area contributed by atoms with Crippen molar-refractivity contribution in [3.05, 3.63) is 190 Å². The zero-order valence-corrected chi connectivity index (χ0v) is 51.9. The van der Waals surface area contributed by atoms with Crippen molar-refractivity contribution in [3.8, 4) is 46.0 Å². The van der Waals surface area contributed by atoms with Crippen molar-refractivity contribution in [2.24, 2.45) is 0 Å². The Morgan fingerprint density at radius 2 is 0.560 bits per heavy atom. The number of carbonyl (C=O) groups excluding carboxylic acids is 8. The zero-order chi connectivity index (χ0) is 72.6. The number of halogens is 12. The van der Waals surface area contributed by atoms with E-state index in [9.17, 15) is 71.9 Å². The molecular formula is C70H46F12N2O16. The molecule has 0 aromatic heterocycles. The highest BCUT2D eigenvalue weighted by Gasteiger charge is 2.46. The highest BCUT2D eigenvalue weighted by Crippen LogP contribution is 2.58. The number of imide groups is 2. The maximum Gasteiger partial charge on any atom is 0.416 e. The van der Waals surface area contributed by atoms with E-state index in [1.807, 2.05) is 0 Å². The molecule has 18 nitrogen and oxygen atoms in total. The number of hydrogen-bond donors (Lipinski definition) is 0. The number of fused-ring (bicyclic) bond motifs is 2. The monoisotopic (exact) mass is 1400 g/mol. The highest BCUT2D eigenvalue weighted by molar-refractivity contribution is 6.45. The van der Waals surface area contributed by atoms with Crippen molar-refractivity contribution >= 4 is 90.6 Å². The van der Waals surface area contributed by atoms with E-state index in [-0.39, 0.29) is 11.1 Å². The average molecular weight is 1400 g/mol. The fourth-order valence-electron chi connectivity index (χ4n) is 11.2. The molecule has 2 aliphatic rings. The largest absolute Gasteiger partial charge is 0.461 e. The van der Waals surface area contributed by atoms with Gasteiger partial charge in [-0.1, -0.05) is 13.2 Å². The fraction of sp³-hybridized carbons (Fsp3) is 0.200. The first-order chi connectivity index (χ1) is 46.9. The Kier molecular flexibility index (Phi) is 18.1. The summed E-state index contributed by atoms with van der Waals surface area (Å²) in [5, 5.41) is -3.48. The van der Waals surface area contributed by atoms with E-state index in [4.69, 9.17) is 37.9 Å². The maximum atomic E-state index is 15.5. The van der Waals surface area contributed by atoms with Crippen LogP contribution in [0.2, 0.25) is 0 Å². The minimum absolute atomic E-state index is 0.0246. The lowest BCUT2D eigenvalue weighted by Crippen LogP contribution is -2.50.